The number of halogens is 1. The molecule has 0 spiro atoms. The normalized spacial score (nSPS) is 14.2. The van der Waals surface area contributed by atoms with Gasteiger partial charge in [-0.3, -0.25) is 19.4 Å². The van der Waals surface area contributed by atoms with Gasteiger partial charge in [0.15, 0.2) is 5.11 Å². The summed E-state index contributed by atoms with van der Waals surface area (Å²) in [5, 5.41) is 3.97. The van der Waals surface area contributed by atoms with E-state index >= 15 is 0 Å². The van der Waals surface area contributed by atoms with E-state index in [2.05, 4.69) is 287 Å². The molecule has 12 aromatic rings. The molecule has 1 N–H and O–H groups in total. The Labute approximate surface area is 696 Å². The number of carbonyl (C=O) groups excluding carboxylic acids is 5. The third kappa shape index (κ3) is 17.3. The average molecular weight is 2400 g/mol. The Balaban J connectivity index is 0.000000116. The second kappa shape index (κ2) is 35.4. The van der Waals surface area contributed by atoms with Crippen LogP contribution in [0.4, 0.5) is 56.6 Å². The quantitative estimate of drug-likeness (QED) is 0.0341. The second-order valence-electron chi connectivity index (χ2n) is 22.6. The Kier molecular flexibility index (Phi) is 26.3. The molecule has 24 heteroatoms. The molecule has 4 amide bonds. The van der Waals surface area contributed by atoms with Crippen LogP contribution in [-0.4, -0.2) is 253 Å². The van der Waals surface area contributed by atoms with Gasteiger partial charge in [-0.2, -0.15) is 0 Å². The van der Waals surface area contributed by atoms with Crippen LogP contribution >= 0.6 is 47.0 Å². The summed E-state index contributed by atoms with van der Waals surface area (Å²) in [5.41, 5.74) is 10.8. The van der Waals surface area contributed by atoms with Crippen LogP contribution in [0.1, 0.15) is 18.4 Å². The Morgan fingerprint density at radius 2 is 0.706 bits per heavy atom. The first-order valence-electron chi connectivity index (χ1n) is 31.5. The summed E-state index contributed by atoms with van der Waals surface area (Å²) in [7, 11) is 6.34. The topological polar surface area (TPSA) is 120 Å². The number of fused-ring (bicyclic) bond motifs is 8. The van der Waals surface area contributed by atoms with E-state index in [0.717, 1.165) is 13.4 Å². The summed E-state index contributed by atoms with van der Waals surface area (Å²) < 4.78 is 24.3. The molecule has 6 aliphatic rings. The summed E-state index contributed by atoms with van der Waals surface area (Å²) in [6.07, 6.45) is 2.70. The Morgan fingerprint density at radius 3 is 1.06 bits per heavy atom. The summed E-state index contributed by atoms with van der Waals surface area (Å²) >= 11 is 9.91. The molecule has 102 heavy (non-hydrogen) atoms. The van der Waals surface area contributed by atoms with E-state index in [4.69, 9.17) is 24.4 Å². The summed E-state index contributed by atoms with van der Waals surface area (Å²) in [4.78, 5) is 70.9. The van der Waals surface area contributed by atoms with E-state index < -0.39 is 61.8 Å². The summed E-state index contributed by atoms with van der Waals surface area (Å²) in [6, 6.07) is 86.9. The third-order valence-electron chi connectivity index (χ3n) is 16.1. The van der Waals surface area contributed by atoms with Crippen molar-refractivity contribution in [2.45, 2.75) is 6.42 Å². The first-order valence-corrected chi connectivity index (χ1v) is 52.4. The SMILES string of the molecule is CN1C(=O)C(=Cc2ccc(N3c4ccccc4[Te]c4ccccc43)[te]2)C(=O)N(C)C1=S.CN1C(=O)CC(=O)N(C)C1=S.Ic1ccc[te]1.O=Cc1ccc(N2c3ccccc3[Te]c3ccccc32)[te]1.c1c[te]c(N2c3ccccc3[Te]c3ccccc32)c1.c1ccc2c(c1)Nc1ccccc1[Te]2. The van der Waals surface area contributed by atoms with Crippen LogP contribution in [0, 0.1) is 1.59 Å². The van der Waals surface area contributed by atoms with E-state index in [1.165, 1.54) is 97.9 Å². The molecule has 8 aromatic carbocycles. The fourth-order valence-electron chi connectivity index (χ4n) is 11.1. The monoisotopic (exact) mass is 2420 g/mol. The number of para-hydroxylation sites is 8. The van der Waals surface area contributed by atoms with Crippen molar-refractivity contribution in [3.8, 4) is 0 Å². The molecule has 0 radical (unpaired) electrons. The Bertz CT molecular complexity index is 4910. The van der Waals surface area contributed by atoms with E-state index in [9.17, 15) is 24.0 Å². The molecule has 4 aromatic heterocycles. The molecule has 13 nitrogen and oxygen atoms in total. The molecule has 6 aliphatic heterocycles. The van der Waals surface area contributed by atoms with Gasteiger partial charge in [0.2, 0.25) is 11.8 Å². The molecule has 0 bridgehead atoms. The summed E-state index contributed by atoms with van der Waals surface area (Å²) in [6.45, 7) is 0. The fraction of sp³-hybridized carbons (Fsp3) is 0.0641. The third-order valence-corrected chi connectivity index (χ3v) is 42.3. The van der Waals surface area contributed by atoms with Crippen molar-refractivity contribution in [2.24, 2.45) is 0 Å². The van der Waals surface area contributed by atoms with Crippen LogP contribution in [0.3, 0.4) is 0 Å². The van der Waals surface area contributed by atoms with Gasteiger partial charge in [-0.1, -0.05) is 0 Å². The number of anilines is 11. The number of rotatable bonds is 5. The van der Waals surface area contributed by atoms with Crippen molar-refractivity contribution in [2.75, 3.05) is 48.2 Å². The maximum atomic E-state index is 12.7. The number of nitrogens with one attached hydrogen (secondary N) is 1. The van der Waals surface area contributed by atoms with E-state index in [0.29, 0.717) is 0 Å². The molecule has 0 unspecified atom stereocenters. The number of hydrogen-bond acceptors (Lipinski definition) is 11. The molecule has 2 saturated heterocycles. The van der Waals surface area contributed by atoms with E-state index in [1.54, 1.807) is 43.1 Å². The number of amides is 4. The zero-order valence-corrected chi connectivity index (χ0v) is 77.2. The first-order chi connectivity index (χ1) is 49.6. The number of thiocarbonyl (C=S) groups is 2. The average Bonchev–Trinajstić information content (AvgIpc) is 1.39. The predicted octanol–water partition coefficient (Wildman–Crippen LogP) is 8.30. The predicted molar refractivity (Wildman–Crippen MR) is 441 cm³/mol. The molecule has 10 heterocycles. The van der Waals surface area contributed by atoms with E-state index in [-0.39, 0.29) is 149 Å². The van der Waals surface area contributed by atoms with Crippen LogP contribution in [0.5, 0.6) is 0 Å². The molecule has 0 saturated carbocycles. The van der Waals surface area contributed by atoms with Crippen molar-refractivity contribution < 1.29 is 24.0 Å². The molecular weight excluding hydrogens is 2340 g/mol. The number of benzene rings is 8. The van der Waals surface area contributed by atoms with Crippen LogP contribution in [-0.2, 0) is 19.2 Å². The minimum absolute atomic E-state index is 0.0763. The van der Waals surface area contributed by atoms with Crippen molar-refractivity contribution in [3.63, 3.8) is 0 Å². The van der Waals surface area contributed by atoms with Gasteiger partial charge in [0, 0.05) is 14.1 Å². The van der Waals surface area contributed by atoms with Gasteiger partial charge in [-0.15, -0.1) is 0 Å². The van der Waals surface area contributed by atoms with Gasteiger partial charge in [0.05, 0.1) is 0 Å². The van der Waals surface area contributed by atoms with Crippen LogP contribution in [0.25, 0.3) is 6.08 Å². The van der Waals surface area contributed by atoms with Crippen molar-refractivity contribution in [1.29, 1.82) is 0 Å². The van der Waals surface area contributed by atoms with Crippen LogP contribution < -0.4 is 48.9 Å². The fourth-order valence-corrected chi connectivity index (χ4v) is 33.1. The molecule has 2 fully saturated rings. The van der Waals surface area contributed by atoms with Gasteiger partial charge < -0.3 is 0 Å². The van der Waals surface area contributed by atoms with Crippen molar-refractivity contribution in [1.82, 2.24) is 19.6 Å². The van der Waals surface area contributed by atoms with Gasteiger partial charge in [-0.25, -0.2) is 0 Å². The number of aldehydes is 1. The summed E-state index contributed by atoms with van der Waals surface area (Å²) in [5.74, 6) is -1.15. The molecule has 0 atom stereocenters. The zero-order chi connectivity index (χ0) is 71.0. The minimum atomic E-state index is -0.781. The Hall–Kier alpha value is -4.60. The second-order valence-corrected chi connectivity index (χ2v) is 50.7. The molecule has 508 valence electrons. The van der Waals surface area contributed by atoms with Gasteiger partial charge in [0.1, 0.15) is 6.42 Å². The Morgan fingerprint density at radius 1 is 0.373 bits per heavy atom. The number of nitrogens with zero attached hydrogens (tertiary/aromatic N) is 7. The number of likely N-dealkylation sites (N-methyl/N-ethyl adjacent to an activating group) is 2. The van der Waals surface area contributed by atoms with E-state index in [1.807, 2.05) is 6.07 Å². The molecule has 18 rings (SSSR count). The number of carbonyl (C=O) groups is 5. The van der Waals surface area contributed by atoms with Crippen LogP contribution in [0.15, 0.2) is 256 Å². The molecule has 0 aliphatic carbocycles. The van der Waals surface area contributed by atoms with Gasteiger partial charge in [-0.05, 0) is 12.2 Å². The maximum absolute atomic E-state index is 12.7. The standard InChI is InChI=1S/C23H17N3O2STe2.C17H11NOTe2.C16H11NTe2.C12H9NTe.C6H8N2O2S.C4H3ITe/c1-24-21(27)15(22(28)25(2)23(24)29)13-14-11-12-20(30-14)26-16-7-3-5-9-18(16)31-19-10-6-4-8-17(19)26;19-11-12-9-10-17(20-12)18-13-5-1-3-7-15(13)21-16-8-4-2-6-14(16)18;1-3-8-14-12(6-1)17(16-10-5-11-18-16)13-7-2-4-9-15(13)19-14;1-3-7-11-9(5-1)13-10-6-2-4-8-12(10)14-11;1-7-4(9)3-5(10)8(2)6(7)11;5-4-2-1-3-6-4/h3-13H,1-2H3;1-11H;1-11H;1-8,13H;3H2,1-2H3;1-3H. The number of hydrogen-bond donors (Lipinski definition) is 1. The first kappa shape index (κ1) is 75.6. The van der Waals surface area contributed by atoms with Crippen molar-refractivity contribution in [3.05, 3.63) is 265 Å². The zero-order valence-electron chi connectivity index (χ0n) is 54.7. The molecular formula is C78H59IN8O5S2Te8. The van der Waals surface area contributed by atoms with Crippen molar-refractivity contribution >= 4 is 344 Å². The van der Waals surface area contributed by atoms with Crippen LogP contribution in [0.2, 0.25) is 0 Å². The van der Waals surface area contributed by atoms with Gasteiger partial charge in [0.25, 0.3) is 0 Å². The van der Waals surface area contributed by atoms with Gasteiger partial charge >= 0.3 is 638 Å².